The predicted molar refractivity (Wildman–Crippen MR) is 17.4 cm³/mol. The Balaban J connectivity index is 0. The zero-order chi connectivity index (χ0) is 4.12. The van der Waals surface area contributed by atoms with E-state index in [2.05, 4.69) is 4.84 Å². The van der Waals surface area contributed by atoms with Crippen LogP contribution in [0.1, 0.15) is 0 Å². The van der Waals surface area contributed by atoms with Gasteiger partial charge in [-0.2, -0.15) is 0 Å². The van der Waals surface area contributed by atoms with Crippen molar-refractivity contribution in [2.24, 2.45) is 0 Å². The summed E-state index contributed by atoms with van der Waals surface area (Å²) < 4.78 is 0. The van der Waals surface area contributed by atoms with Crippen LogP contribution in [-0.2, 0) is 4.84 Å². The van der Waals surface area contributed by atoms with Crippen molar-refractivity contribution in [1.29, 1.82) is 0 Å². The molecule has 3 nitrogen and oxygen atoms in total. The van der Waals surface area contributed by atoms with E-state index in [-0.39, 0.29) is 42.8 Å². The van der Waals surface area contributed by atoms with Gasteiger partial charge in [0.1, 0.15) is 0 Å². The molecule has 4 heteroatoms. The first kappa shape index (κ1) is 9.99. The van der Waals surface area contributed by atoms with Crippen LogP contribution in [0.25, 0.3) is 5.90 Å². The average Bonchev–Trinajstić information content (AvgIpc) is 1.41. The summed E-state index contributed by atoms with van der Waals surface area (Å²) in [5.74, 6) is 5.94. The topological polar surface area (TPSA) is 53.3 Å². The second kappa shape index (κ2) is 9.30. The molecule has 0 aromatic carbocycles. The summed E-state index contributed by atoms with van der Waals surface area (Å²) in [5.41, 5.74) is 0. The van der Waals surface area contributed by atoms with Crippen LogP contribution in [0.4, 0.5) is 0 Å². The van der Waals surface area contributed by atoms with E-state index >= 15 is 0 Å². The second-order valence-electron chi connectivity index (χ2n) is 0.572. The SMILES string of the molecule is [NH-]OCCO.[Na+]. The quantitative estimate of drug-likeness (QED) is 0.295. The molecule has 0 saturated carbocycles. The Hall–Kier alpha value is 0.880. The van der Waals surface area contributed by atoms with Crippen LogP contribution in [0.15, 0.2) is 0 Å². The molecule has 0 fully saturated rings. The fraction of sp³-hybridized carbons (Fsp3) is 1.00. The molecule has 0 aliphatic rings. The van der Waals surface area contributed by atoms with Crippen molar-refractivity contribution in [1.82, 2.24) is 0 Å². The standard InChI is InChI=1S/C2H6NO2.Na/c3-5-2-1-4;/h3-4H,1-2H2;/q-1;+1. The second-order valence-corrected chi connectivity index (χ2v) is 0.572. The van der Waals surface area contributed by atoms with E-state index in [0.29, 0.717) is 0 Å². The molecule has 0 rings (SSSR count). The first-order valence-electron chi connectivity index (χ1n) is 1.31. The first-order valence-corrected chi connectivity index (χ1v) is 1.31. The first-order chi connectivity index (χ1) is 2.41. The summed E-state index contributed by atoms with van der Waals surface area (Å²) in [6.45, 7) is 0.0451. The largest absolute Gasteiger partial charge is 1.00 e. The Morgan fingerprint density at radius 3 is 2.17 bits per heavy atom. The molecule has 6 heavy (non-hydrogen) atoms. The van der Waals surface area contributed by atoms with E-state index < -0.39 is 0 Å². The number of hydrogen-bond acceptors (Lipinski definition) is 2. The monoisotopic (exact) mass is 99.0 g/mol. The van der Waals surface area contributed by atoms with E-state index in [1.165, 1.54) is 0 Å². The Bertz CT molecular complexity index is 19.0. The van der Waals surface area contributed by atoms with Gasteiger partial charge in [0.25, 0.3) is 0 Å². The van der Waals surface area contributed by atoms with Gasteiger partial charge in [0, 0.05) is 6.61 Å². The van der Waals surface area contributed by atoms with Crippen LogP contribution in [-0.4, -0.2) is 18.3 Å². The molecular formula is C2H6NNaO2. The molecule has 0 amide bonds. The van der Waals surface area contributed by atoms with Gasteiger partial charge in [-0.25, -0.2) is 0 Å². The molecule has 0 aromatic heterocycles. The van der Waals surface area contributed by atoms with Gasteiger partial charge in [-0.05, 0) is 0 Å². The fourth-order valence-corrected chi connectivity index (χ4v) is 0.0456. The van der Waals surface area contributed by atoms with Crippen molar-refractivity contribution in [2.75, 3.05) is 13.2 Å². The maximum absolute atomic E-state index is 7.82. The number of nitrogens with one attached hydrogen (secondary N) is 1. The minimum absolute atomic E-state index is 0. The van der Waals surface area contributed by atoms with Gasteiger partial charge in [-0.3, -0.25) is 0 Å². The van der Waals surface area contributed by atoms with Gasteiger partial charge >= 0.3 is 29.6 Å². The summed E-state index contributed by atoms with van der Waals surface area (Å²) >= 11 is 0. The van der Waals surface area contributed by atoms with Gasteiger partial charge in [0.05, 0.1) is 6.61 Å². The summed E-state index contributed by atoms with van der Waals surface area (Å²) in [6, 6.07) is 0. The molecule has 0 radical (unpaired) electrons. The third-order valence-electron chi connectivity index (χ3n) is 0.193. The van der Waals surface area contributed by atoms with Crippen molar-refractivity contribution < 1.29 is 39.5 Å². The molecule has 0 aromatic rings. The summed E-state index contributed by atoms with van der Waals surface area (Å²) in [6.07, 6.45) is 0. The molecule has 0 aliphatic carbocycles. The Kier molecular flexibility index (Phi) is 15.5. The number of aliphatic hydroxyl groups is 1. The van der Waals surface area contributed by atoms with Crippen molar-refractivity contribution in [2.45, 2.75) is 0 Å². The zero-order valence-corrected chi connectivity index (χ0v) is 5.77. The van der Waals surface area contributed by atoms with E-state index in [0.717, 1.165) is 0 Å². The molecule has 0 saturated heterocycles. The predicted octanol–water partition coefficient (Wildman–Crippen LogP) is -3.03. The molecule has 0 bridgehead atoms. The van der Waals surface area contributed by atoms with Gasteiger partial charge in [-0.15, -0.1) is 0 Å². The van der Waals surface area contributed by atoms with Crippen LogP contribution >= 0.6 is 0 Å². The smallest absolute Gasteiger partial charge is 0.549 e. The van der Waals surface area contributed by atoms with E-state index in [4.69, 9.17) is 11.0 Å². The Labute approximate surface area is 58.7 Å². The fourth-order valence-electron chi connectivity index (χ4n) is 0.0456. The molecule has 0 unspecified atom stereocenters. The minimum Gasteiger partial charge on any atom is -0.549 e. The third kappa shape index (κ3) is 8.86. The van der Waals surface area contributed by atoms with E-state index in [9.17, 15) is 0 Å². The summed E-state index contributed by atoms with van der Waals surface area (Å²) in [7, 11) is 0. The van der Waals surface area contributed by atoms with E-state index in [1.807, 2.05) is 0 Å². The van der Waals surface area contributed by atoms with Gasteiger partial charge in [0.2, 0.25) is 0 Å². The molecular weight excluding hydrogens is 93.0 g/mol. The van der Waals surface area contributed by atoms with Gasteiger partial charge < -0.3 is 15.8 Å². The van der Waals surface area contributed by atoms with Gasteiger partial charge in [0.15, 0.2) is 0 Å². The zero-order valence-electron chi connectivity index (χ0n) is 3.77. The Morgan fingerprint density at radius 2 is 2.17 bits per heavy atom. The molecule has 0 heterocycles. The maximum Gasteiger partial charge on any atom is 1.00 e. The average molecular weight is 99.1 g/mol. The van der Waals surface area contributed by atoms with Gasteiger partial charge in [-0.1, -0.05) is 0 Å². The number of aliphatic hydroxyl groups excluding tert-OH is 1. The van der Waals surface area contributed by atoms with Crippen LogP contribution in [0.2, 0.25) is 0 Å². The normalized spacial score (nSPS) is 7.00. The molecule has 0 aliphatic heterocycles. The summed E-state index contributed by atoms with van der Waals surface area (Å²) in [4.78, 5) is 3.69. The maximum atomic E-state index is 7.82. The number of hydrogen-bond donors (Lipinski definition) is 1. The minimum atomic E-state index is -0.0660. The third-order valence-corrected chi connectivity index (χ3v) is 0.193. The molecule has 32 valence electrons. The molecule has 0 spiro atoms. The van der Waals surface area contributed by atoms with E-state index in [1.54, 1.807) is 0 Å². The van der Waals surface area contributed by atoms with Crippen molar-refractivity contribution >= 4 is 0 Å². The van der Waals surface area contributed by atoms with Crippen molar-refractivity contribution in [3.05, 3.63) is 5.90 Å². The van der Waals surface area contributed by atoms with Crippen molar-refractivity contribution in [3.63, 3.8) is 0 Å². The Morgan fingerprint density at radius 1 is 1.67 bits per heavy atom. The van der Waals surface area contributed by atoms with Crippen LogP contribution in [0.3, 0.4) is 0 Å². The van der Waals surface area contributed by atoms with Crippen molar-refractivity contribution in [3.8, 4) is 0 Å². The molecule has 2 N–H and O–H groups in total. The number of rotatable bonds is 2. The van der Waals surface area contributed by atoms with Crippen LogP contribution in [0.5, 0.6) is 0 Å². The van der Waals surface area contributed by atoms with Crippen LogP contribution < -0.4 is 29.6 Å². The molecule has 0 atom stereocenters. The van der Waals surface area contributed by atoms with Crippen LogP contribution in [0, 0.1) is 0 Å². The summed E-state index contributed by atoms with van der Waals surface area (Å²) in [5, 5.41) is 7.82.